The highest BCUT2D eigenvalue weighted by molar-refractivity contribution is 5.96. The molecule has 2 aromatic carbocycles. The lowest BCUT2D eigenvalue weighted by molar-refractivity contribution is 0.0608. The Hall–Kier alpha value is -3.14. The summed E-state index contributed by atoms with van der Waals surface area (Å²) >= 11 is 0. The fraction of sp³-hybridized carbons (Fsp3) is 0.360. The molecule has 0 spiro atoms. The number of fused-ring (bicyclic) bond motifs is 2. The third-order valence-electron chi connectivity index (χ3n) is 6.40. The molecule has 1 aliphatic heterocycles. The molecule has 2 aromatic heterocycles. The number of nitrogens with zero attached hydrogens (tertiary/aromatic N) is 3. The Bertz CT molecular complexity index is 1240. The number of rotatable bonds is 6. The Morgan fingerprint density at radius 1 is 1.13 bits per heavy atom. The van der Waals surface area contributed by atoms with Gasteiger partial charge in [-0.3, -0.25) is 5.10 Å². The van der Waals surface area contributed by atoms with Crippen molar-refractivity contribution in [2.75, 3.05) is 26.8 Å². The van der Waals surface area contributed by atoms with Gasteiger partial charge in [-0.15, -0.1) is 0 Å². The summed E-state index contributed by atoms with van der Waals surface area (Å²) in [6.07, 6.45) is 3.62. The molecule has 6 heteroatoms. The van der Waals surface area contributed by atoms with E-state index in [0.29, 0.717) is 5.56 Å². The highest BCUT2D eigenvalue weighted by atomic mass is 16.5. The lowest BCUT2D eigenvalue weighted by Crippen LogP contribution is -2.24. The lowest BCUT2D eigenvalue weighted by Gasteiger charge is -2.25. The SMILES string of the molecule is CN(CCC1CCOCC1)Cc1cccc2[nH]c(-c3n[nH]c4cc(C#N)ccc34)cc12. The maximum absolute atomic E-state index is 9.13. The number of ether oxygens (including phenoxy) is 1. The summed E-state index contributed by atoms with van der Waals surface area (Å²) < 4.78 is 5.48. The van der Waals surface area contributed by atoms with Crippen molar-refractivity contribution < 1.29 is 4.74 Å². The maximum atomic E-state index is 9.13. The minimum absolute atomic E-state index is 0.630. The number of aromatic nitrogens is 3. The van der Waals surface area contributed by atoms with Crippen LogP contribution in [0.1, 0.15) is 30.4 Å². The Kier molecular flexibility index (Phi) is 5.46. The van der Waals surface area contributed by atoms with E-state index in [0.717, 1.165) is 60.0 Å². The first kappa shape index (κ1) is 19.8. The van der Waals surface area contributed by atoms with Crippen LogP contribution >= 0.6 is 0 Å². The van der Waals surface area contributed by atoms with Crippen LogP contribution < -0.4 is 0 Å². The van der Waals surface area contributed by atoms with E-state index in [1.807, 2.05) is 18.2 Å². The van der Waals surface area contributed by atoms with Gasteiger partial charge in [-0.1, -0.05) is 12.1 Å². The van der Waals surface area contributed by atoms with Crippen LogP contribution in [0.15, 0.2) is 42.5 Å². The first-order valence-corrected chi connectivity index (χ1v) is 11.0. The molecule has 0 saturated carbocycles. The van der Waals surface area contributed by atoms with E-state index in [1.165, 1.54) is 30.2 Å². The van der Waals surface area contributed by atoms with Gasteiger partial charge >= 0.3 is 0 Å². The molecule has 1 saturated heterocycles. The van der Waals surface area contributed by atoms with Crippen LogP contribution in [0.25, 0.3) is 33.2 Å². The second-order valence-electron chi connectivity index (χ2n) is 8.59. The number of nitriles is 1. The van der Waals surface area contributed by atoms with Crippen molar-refractivity contribution in [2.45, 2.75) is 25.8 Å². The number of hydrogen-bond donors (Lipinski definition) is 2. The lowest BCUT2D eigenvalue weighted by atomic mass is 9.96. The van der Waals surface area contributed by atoms with Gasteiger partial charge in [0.1, 0.15) is 5.69 Å². The molecular formula is C25H27N5O. The molecule has 0 radical (unpaired) electrons. The van der Waals surface area contributed by atoms with E-state index < -0.39 is 0 Å². The van der Waals surface area contributed by atoms with Crippen molar-refractivity contribution in [3.8, 4) is 17.5 Å². The fourth-order valence-corrected chi connectivity index (χ4v) is 4.59. The Labute approximate surface area is 181 Å². The largest absolute Gasteiger partial charge is 0.381 e. The van der Waals surface area contributed by atoms with Gasteiger partial charge in [-0.25, -0.2) is 0 Å². The van der Waals surface area contributed by atoms with E-state index in [2.05, 4.69) is 57.5 Å². The van der Waals surface area contributed by atoms with Crippen molar-refractivity contribution in [2.24, 2.45) is 5.92 Å². The van der Waals surface area contributed by atoms with Crippen molar-refractivity contribution in [3.05, 3.63) is 53.6 Å². The van der Waals surface area contributed by atoms with Gasteiger partial charge in [-0.05, 0) is 74.7 Å². The van der Waals surface area contributed by atoms with E-state index >= 15 is 0 Å². The van der Waals surface area contributed by atoms with Gasteiger partial charge in [0.15, 0.2) is 0 Å². The molecule has 0 atom stereocenters. The molecule has 0 aliphatic carbocycles. The van der Waals surface area contributed by atoms with Crippen LogP contribution in [-0.2, 0) is 11.3 Å². The zero-order chi connectivity index (χ0) is 21.2. The molecule has 3 heterocycles. The fourth-order valence-electron chi connectivity index (χ4n) is 4.59. The Morgan fingerprint density at radius 3 is 2.84 bits per heavy atom. The predicted molar refractivity (Wildman–Crippen MR) is 123 cm³/mol. The van der Waals surface area contributed by atoms with Crippen molar-refractivity contribution >= 4 is 21.8 Å². The molecule has 1 aliphatic rings. The van der Waals surface area contributed by atoms with Crippen LogP contribution in [-0.4, -0.2) is 46.9 Å². The number of H-pyrrole nitrogens is 2. The van der Waals surface area contributed by atoms with Gasteiger partial charge < -0.3 is 14.6 Å². The summed E-state index contributed by atoms with van der Waals surface area (Å²) in [6.45, 7) is 3.85. The predicted octanol–water partition coefficient (Wildman–Crippen LogP) is 4.83. The van der Waals surface area contributed by atoms with Crippen LogP contribution in [0.2, 0.25) is 0 Å². The molecule has 0 unspecified atom stereocenters. The van der Waals surface area contributed by atoms with Crippen molar-refractivity contribution in [3.63, 3.8) is 0 Å². The maximum Gasteiger partial charge on any atom is 0.116 e. The number of nitrogens with one attached hydrogen (secondary N) is 2. The molecule has 2 N–H and O–H groups in total. The van der Waals surface area contributed by atoms with Gasteiger partial charge in [0.25, 0.3) is 0 Å². The van der Waals surface area contributed by atoms with Crippen LogP contribution in [0, 0.1) is 17.2 Å². The monoisotopic (exact) mass is 413 g/mol. The Morgan fingerprint density at radius 2 is 2.00 bits per heavy atom. The molecular weight excluding hydrogens is 386 g/mol. The highest BCUT2D eigenvalue weighted by Crippen LogP contribution is 2.31. The summed E-state index contributed by atoms with van der Waals surface area (Å²) in [6, 6.07) is 16.5. The summed E-state index contributed by atoms with van der Waals surface area (Å²) in [7, 11) is 2.21. The van der Waals surface area contributed by atoms with E-state index in [1.54, 1.807) is 0 Å². The molecule has 4 aromatic rings. The van der Waals surface area contributed by atoms with Gasteiger partial charge in [0, 0.05) is 36.0 Å². The number of aromatic amines is 2. The second-order valence-corrected chi connectivity index (χ2v) is 8.59. The Balaban J connectivity index is 1.37. The second kappa shape index (κ2) is 8.54. The zero-order valence-electron chi connectivity index (χ0n) is 17.8. The van der Waals surface area contributed by atoms with Crippen LogP contribution in [0.5, 0.6) is 0 Å². The summed E-state index contributed by atoms with van der Waals surface area (Å²) in [5, 5.41) is 19.0. The smallest absolute Gasteiger partial charge is 0.116 e. The standard InChI is InChI=1S/C25H27N5O/c1-30(10-7-17-8-11-31-12-9-17)16-19-3-2-4-22-21(19)14-24(27-22)25-20-6-5-18(15-26)13-23(20)28-29-25/h2-6,13-14,17,27H,7-12,16H2,1H3,(H,28,29). The van der Waals surface area contributed by atoms with Gasteiger partial charge in [0.2, 0.25) is 0 Å². The molecule has 158 valence electrons. The van der Waals surface area contributed by atoms with Gasteiger partial charge in [0.05, 0.1) is 22.8 Å². The normalized spacial score (nSPS) is 15.1. The number of hydrogen-bond acceptors (Lipinski definition) is 4. The molecule has 31 heavy (non-hydrogen) atoms. The average molecular weight is 414 g/mol. The summed E-state index contributed by atoms with van der Waals surface area (Å²) in [4.78, 5) is 5.96. The van der Waals surface area contributed by atoms with Crippen molar-refractivity contribution in [1.82, 2.24) is 20.1 Å². The van der Waals surface area contributed by atoms with E-state index in [9.17, 15) is 0 Å². The third-order valence-corrected chi connectivity index (χ3v) is 6.40. The molecule has 5 rings (SSSR count). The quantitative estimate of drug-likeness (QED) is 0.474. The van der Waals surface area contributed by atoms with Crippen LogP contribution in [0.3, 0.4) is 0 Å². The van der Waals surface area contributed by atoms with Crippen molar-refractivity contribution in [1.29, 1.82) is 5.26 Å². The highest BCUT2D eigenvalue weighted by Gasteiger charge is 2.16. The summed E-state index contributed by atoms with van der Waals surface area (Å²) in [5.74, 6) is 0.792. The molecule has 0 bridgehead atoms. The molecule has 1 fully saturated rings. The third kappa shape index (κ3) is 4.07. The van der Waals surface area contributed by atoms with E-state index in [-0.39, 0.29) is 0 Å². The number of benzene rings is 2. The van der Waals surface area contributed by atoms with Crippen LogP contribution in [0.4, 0.5) is 0 Å². The summed E-state index contributed by atoms with van der Waals surface area (Å²) in [5.41, 5.74) is 5.82. The topological polar surface area (TPSA) is 80.7 Å². The minimum atomic E-state index is 0.630. The first-order valence-electron chi connectivity index (χ1n) is 11.0. The zero-order valence-corrected chi connectivity index (χ0v) is 17.8. The van der Waals surface area contributed by atoms with E-state index in [4.69, 9.17) is 10.00 Å². The average Bonchev–Trinajstić information content (AvgIpc) is 3.42. The molecule has 0 amide bonds. The molecule has 6 nitrogen and oxygen atoms in total. The first-order chi connectivity index (χ1) is 15.2. The minimum Gasteiger partial charge on any atom is -0.381 e. The van der Waals surface area contributed by atoms with Gasteiger partial charge in [-0.2, -0.15) is 10.4 Å².